The summed E-state index contributed by atoms with van der Waals surface area (Å²) in [5.41, 5.74) is 3.19. The first-order valence-electron chi connectivity index (χ1n) is 11.4. The Morgan fingerprint density at radius 2 is 1.75 bits per heavy atom. The fraction of sp³-hybridized carbons (Fsp3) is 0.222. The lowest BCUT2D eigenvalue weighted by atomic mass is 10.1. The summed E-state index contributed by atoms with van der Waals surface area (Å²) in [4.78, 5) is 39.8. The number of nitrogens with one attached hydrogen (secondary N) is 2. The van der Waals surface area contributed by atoms with Gasteiger partial charge in [-0.15, -0.1) is 11.8 Å². The number of ether oxygens (including phenoxy) is 1. The Morgan fingerprint density at radius 1 is 1.03 bits per heavy atom. The highest BCUT2D eigenvalue weighted by atomic mass is 35.5. The molecule has 0 aliphatic carbocycles. The molecule has 0 bridgehead atoms. The smallest absolute Gasteiger partial charge is 0.255 e. The number of para-hydroxylation sites is 1. The van der Waals surface area contributed by atoms with Gasteiger partial charge in [0.05, 0.1) is 23.6 Å². The van der Waals surface area contributed by atoms with Crippen molar-refractivity contribution >= 4 is 46.8 Å². The first-order chi connectivity index (χ1) is 17.5. The van der Waals surface area contributed by atoms with Crippen molar-refractivity contribution in [2.24, 2.45) is 0 Å². The van der Waals surface area contributed by atoms with Gasteiger partial charge in [0.25, 0.3) is 11.8 Å². The molecule has 4 rings (SSSR count). The summed E-state index contributed by atoms with van der Waals surface area (Å²) in [5, 5.41) is 6.11. The number of carbonyl (C=O) groups is 3. The zero-order valence-electron chi connectivity index (χ0n) is 19.7. The number of benzene rings is 3. The maximum absolute atomic E-state index is 12.9. The highest BCUT2D eigenvalue weighted by Gasteiger charge is 2.32. The molecule has 7 nitrogen and oxygen atoms in total. The summed E-state index contributed by atoms with van der Waals surface area (Å²) in [7, 11) is 1.56. The number of amides is 3. The number of anilines is 1. The Balaban J connectivity index is 1.44. The van der Waals surface area contributed by atoms with E-state index in [0.717, 1.165) is 11.1 Å². The van der Waals surface area contributed by atoms with Gasteiger partial charge in [-0.1, -0.05) is 48.0 Å². The molecule has 3 aromatic carbocycles. The molecule has 0 aromatic heterocycles. The lowest BCUT2D eigenvalue weighted by Crippen LogP contribution is -2.28. The molecular weight excluding hydrogens is 498 g/mol. The molecule has 1 aliphatic heterocycles. The lowest BCUT2D eigenvalue weighted by Gasteiger charge is -2.24. The van der Waals surface area contributed by atoms with Crippen LogP contribution < -0.4 is 10.6 Å². The van der Waals surface area contributed by atoms with Crippen molar-refractivity contribution in [3.63, 3.8) is 0 Å². The second-order valence-corrected chi connectivity index (χ2v) is 9.69. The van der Waals surface area contributed by atoms with Crippen LogP contribution in [0.15, 0.2) is 72.8 Å². The molecule has 0 unspecified atom stereocenters. The van der Waals surface area contributed by atoms with Gasteiger partial charge in [-0.3, -0.25) is 14.4 Å². The molecule has 0 saturated carbocycles. The van der Waals surface area contributed by atoms with Gasteiger partial charge in [0, 0.05) is 30.8 Å². The molecule has 1 fully saturated rings. The van der Waals surface area contributed by atoms with Gasteiger partial charge in [0.1, 0.15) is 5.37 Å². The predicted molar refractivity (Wildman–Crippen MR) is 142 cm³/mol. The van der Waals surface area contributed by atoms with Crippen molar-refractivity contribution in [2.45, 2.75) is 11.9 Å². The van der Waals surface area contributed by atoms with Crippen molar-refractivity contribution in [3.8, 4) is 0 Å². The molecule has 1 atom stereocenters. The van der Waals surface area contributed by atoms with E-state index in [1.54, 1.807) is 55.3 Å². The maximum Gasteiger partial charge on any atom is 0.255 e. The van der Waals surface area contributed by atoms with E-state index in [9.17, 15) is 14.4 Å². The SMILES string of the molecule is COCCNC(=O)c1ccccc1NC(=O)c1ccc([C@@H]2SCC(=O)N2Cc2ccc(Cl)cc2)cc1. The molecular formula is C27H26ClN3O4S. The van der Waals surface area contributed by atoms with Crippen LogP contribution in [0.2, 0.25) is 5.02 Å². The molecule has 36 heavy (non-hydrogen) atoms. The van der Waals surface area contributed by atoms with Crippen LogP contribution in [0.3, 0.4) is 0 Å². The Bertz CT molecular complexity index is 1230. The average molecular weight is 524 g/mol. The van der Waals surface area contributed by atoms with Crippen molar-refractivity contribution in [3.05, 3.63) is 100 Å². The fourth-order valence-corrected chi connectivity index (χ4v) is 5.15. The fourth-order valence-electron chi connectivity index (χ4n) is 3.83. The highest BCUT2D eigenvalue weighted by Crippen LogP contribution is 2.39. The molecule has 9 heteroatoms. The Kier molecular flexibility index (Phi) is 8.64. The summed E-state index contributed by atoms with van der Waals surface area (Å²) in [6.45, 7) is 1.25. The summed E-state index contributed by atoms with van der Waals surface area (Å²) in [5.74, 6) is -0.139. The molecule has 0 spiro atoms. The summed E-state index contributed by atoms with van der Waals surface area (Å²) in [6, 6.07) is 21.5. The van der Waals surface area contributed by atoms with Crippen LogP contribution in [-0.4, -0.2) is 48.6 Å². The number of rotatable bonds is 9. The van der Waals surface area contributed by atoms with Crippen LogP contribution in [0.25, 0.3) is 0 Å². The van der Waals surface area contributed by atoms with Crippen molar-refractivity contribution in [1.29, 1.82) is 0 Å². The minimum absolute atomic E-state index is 0.0714. The van der Waals surface area contributed by atoms with E-state index in [-0.39, 0.29) is 23.1 Å². The highest BCUT2D eigenvalue weighted by molar-refractivity contribution is 8.00. The van der Waals surface area contributed by atoms with Crippen LogP contribution in [0.5, 0.6) is 0 Å². The molecule has 0 radical (unpaired) electrons. The third-order valence-electron chi connectivity index (χ3n) is 5.70. The number of nitrogens with zero attached hydrogens (tertiary/aromatic N) is 1. The molecule has 1 saturated heterocycles. The third kappa shape index (κ3) is 6.26. The standard InChI is InChI=1S/C27H26ClN3O4S/c1-35-15-14-29-26(34)22-4-2-3-5-23(22)30-25(33)19-8-10-20(11-9-19)27-31(24(32)17-36-27)16-18-6-12-21(28)13-7-18/h2-13,27H,14-17H2,1H3,(H,29,34)(H,30,33)/t27-/m0/s1. The Labute approximate surface area is 219 Å². The van der Waals surface area contributed by atoms with Gasteiger partial charge < -0.3 is 20.3 Å². The zero-order valence-corrected chi connectivity index (χ0v) is 21.3. The summed E-state index contributed by atoms with van der Waals surface area (Å²) >= 11 is 7.54. The molecule has 186 valence electrons. The number of carbonyl (C=O) groups excluding carboxylic acids is 3. The van der Waals surface area contributed by atoms with Crippen molar-refractivity contribution in [1.82, 2.24) is 10.2 Å². The molecule has 1 heterocycles. The molecule has 3 amide bonds. The van der Waals surface area contributed by atoms with E-state index in [4.69, 9.17) is 16.3 Å². The first kappa shape index (κ1) is 25.8. The van der Waals surface area contributed by atoms with Crippen LogP contribution in [-0.2, 0) is 16.1 Å². The largest absolute Gasteiger partial charge is 0.383 e. The van der Waals surface area contributed by atoms with Crippen molar-refractivity contribution < 1.29 is 19.1 Å². The van der Waals surface area contributed by atoms with E-state index in [1.165, 1.54) is 0 Å². The van der Waals surface area contributed by atoms with Gasteiger partial charge in [-0.05, 0) is 47.5 Å². The monoisotopic (exact) mass is 523 g/mol. The number of halogens is 1. The lowest BCUT2D eigenvalue weighted by molar-refractivity contribution is -0.128. The Morgan fingerprint density at radius 3 is 2.47 bits per heavy atom. The van der Waals surface area contributed by atoms with E-state index in [2.05, 4.69) is 10.6 Å². The van der Waals surface area contributed by atoms with E-state index in [1.807, 2.05) is 41.3 Å². The van der Waals surface area contributed by atoms with Crippen LogP contribution in [0.4, 0.5) is 5.69 Å². The summed E-state index contributed by atoms with van der Waals surface area (Å²) in [6.07, 6.45) is 0. The quantitative estimate of drug-likeness (QED) is 0.395. The van der Waals surface area contributed by atoms with Gasteiger partial charge in [0.15, 0.2) is 0 Å². The zero-order chi connectivity index (χ0) is 25.5. The molecule has 2 N–H and O–H groups in total. The van der Waals surface area contributed by atoms with E-state index < -0.39 is 0 Å². The minimum Gasteiger partial charge on any atom is -0.383 e. The normalized spacial score (nSPS) is 15.1. The number of methoxy groups -OCH3 is 1. The van der Waals surface area contributed by atoms with Gasteiger partial charge in [-0.2, -0.15) is 0 Å². The number of hydrogen-bond acceptors (Lipinski definition) is 5. The second kappa shape index (κ2) is 12.1. The first-order valence-corrected chi connectivity index (χ1v) is 12.8. The van der Waals surface area contributed by atoms with Crippen molar-refractivity contribution in [2.75, 3.05) is 31.3 Å². The van der Waals surface area contributed by atoms with Crippen LogP contribution >= 0.6 is 23.4 Å². The average Bonchev–Trinajstić information content (AvgIpc) is 3.25. The van der Waals surface area contributed by atoms with E-state index >= 15 is 0 Å². The molecule has 1 aliphatic rings. The summed E-state index contributed by atoms with van der Waals surface area (Å²) < 4.78 is 4.96. The number of thioether (sulfide) groups is 1. The van der Waals surface area contributed by atoms with Crippen LogP contribution in [0.1, 0.15) is 37.2 Å². The minimum atomic E-state index is -0.327. The maximum atomic E-state index is 12.9. The Hall–Kier alpha value is -3.33. The number of hydrogen-bond donors (Lipinski definition) is 2. The predicted octanol–water partition coefficient (Wildman–Crippen LogP) is 4.74. The van der Waals surface area contributed by atoms with Gasteiger partial charge >= 0.3 is 0 Å². The van der Waals surface area contributed by atoms with Gasteiger partial charge in [-0.25, -0.2) is 0 Å². The van der Waals surface area contributed by atoms with Crippen LogP contribution in [0, 0.1) is 0 Å². The second-order valence-electron chi connectivity index (χ2n) is 8.18. The topological polar surface area (TPSA) is 87.7 Å². The third-order valence-corrected chi connectivity index (χ3v) is 7.21. The van der Waals surface area contributed by atoms with Gasteiger partial charge in [0.2, 0.25) is 5.91 Å². The van der Waals surface area contributed by atoms with E-state index in [0.29, 0.717) is 47.3 Å². The molecule has 3 aromatic rings.